The number of nitrogens with one attached hydrogen (secondary N) is 2. The van der Waals surface area contributed by atoms with Gasteiger partial charge in [-0.25, -0.2) is 10.4 Å². The standard InChI is InChI=1S/C43H56N6O6S/c1-9-19-54-38-36(46-39(50)34-24(3)25(34)4)41(51)49-18-12-14-31(47-49)42(52)55-23-43(6,7)21-30-29-20-27(32-22-56-40(38)45-32)15-16-33(29)48(10-2)37(30)28-13-11-17-44-35(28)26(5)53-8/h11,13,15-17,20,22,24-26,31,34,36,38,47H,9-10,12,14,18-19,21,23H2,1-8H3,(H,46,50)/t24-,25+,26-,31-,34?,36-,38-/m0/s1. The van der Waals surface area contributed by atoms with Crippen molar-refractivity contribution in [1.82, 2.24) is 30.3 Å². The summed E-state index contributed by atoms with van der Waals surface area (Å²) in [6.07, 6.45) is 3.15. The van der Waals surface area contributed by atoms with E-state index in [9.17, 15) is 14.4 Å². The summed E-state index contributed by atoms with van der Waals surface area (Å²) in [4.78, 5) is 52.0. The number of hydrogen-bond acceptors (Lipinski definition) is 10. The van der Waals surface area contributed by atoms with Crippen LogP contribution in [0.1, 0.15) is 96.2 Å². The van der Waals surface area contributed by atoms with Crippen LogP contribution >= 0.6 is 11.3 Å². The first-order valence-electron chi connectivity index (χ1n) is 20.1. The van der Waals surface area contributed by atoms with Gasteiger partial charge in [-0.15, -0.1) is 11.3 Å². The zero-order valence-electron chi connectivity index (χ0n) is 33.9. The highest BCUT2D eigenvalue weighted by atomic mass is 32.1. The number of ether oxygens (including phenoxy) is 3. The van der Waals surface area contributed by atoms with Gasteiger partial charge in [0.05, 0.1) is 29.8 Å². The predicted molar refractivity (Wildman–Crippen MR) is 216 cm³/mol. The van der Waals surface area contributed by atoms with Crippen LogP contribution in [-0.2, 0) is 41.6 Å². The first-order chi connectivity index (χ1) is 26.9. The van der Waals surface area contributed by atoms with E-state index in [1.165, 1.54) is 16.3 Å². The van der Waals surface area contributed by atoms with E-state index in [1.54, 1.807) is 13.3 Å². The molecule has 7 atom stereocenters. The van der Waals surface area contributed by atoms with E-state index in [2.05, 4.69) is 74.2 Å². The minimum absolute atomic E-state index is 0.170. The minimum atomic E-state index is -1.06. The Labute approximate surface area is 333 Å². The van der Waals surface area contributed by atoms with Crippen LogP contribution in [0.4, 0.5) is 0 Å². The van der Waals surface area contributed by atoms with E-state index in [0.29, 0.717) is 43.8 Å². The summed E-state index contributed by atoms with van der Waals surface area (Å²) < 4.78 is 20.7. The van der Waals surface area contributed by atoms with Crippen LogP contribution in [0.3, 0.4) is 0 Å². The second kappa shape index (κ2) is 16.4. The van der Waals surface area contributed by atoms with Gasteiger partial charge in [-0.1, -0.05) is 40.7 Å². The van der Waals surface area contributed by atoms with Crippen molar-refractivity contribution in [2.24, 2.45) is 23.2 Å². The van der Waals surface area contributed by atoms with E-state index in [0.717, 1.165) is 51.2 Å². The Morgan fingerprint density at radius 3 is 2.68 bits per heavy atom. The monoisotopic (exact) mass is 784 g/mol. The first kappa shape index (κ1) is 40.0. The van der Waals surface area contributed by atoms with Crippen molar-refractivity contribution < 1.29 is 28.6 Å². The number of carbonyl (C=O) groups is 3. The largest absolute Gasteiger partial charge is 0.464 e. The Morgan fingerprint density at radius 1 is 1.18 bits per heavy atom. The Bertz CT molecular complexity index is 2090. The molecule has 2 aliphatic heterocycles. The Morgan fingerprint density at radius 2 is 1.96 bits per heavy atom. The molecule has 7 rings (SSSR count). The number of rotatable bonds is 9. The van der Waals surface area contributed by atoms with Crippen molar-refractivity contribution >= 4 is 40.0 Å². The van der Waals surface area contributed by atoms with E-state index in [4.69, 9.17) is 24.2 Å². The molecule has 2 fully saturated rings. The van der Waals surface area contributed by atoms with Gasteiger partial charge in [0, 0.05) is 71.7 Å². The quantitative estimate of drug-likeness (QED) is 0.172. The zero-order valence-corrected chi connectivity index (χ0v) is 34.7. The molecule has 0 spiro atoms. The number of thiazole rings is 1. The van der Waals surface area contributed by atoms with Gasteiger partial charge >= 0.3 is 5.97 Å². The normalized spacial score (nSPS) is 25.8. The number of aryl methyl sites for hydroxylation is 1. The second-order valence-corrected chi connectivity index (χ2v) is 17.4. The summed E-state index contributed by atoms with van der Waals surface area (Å²) in [5.74, 6) is -0.696. The number of cyclic esters (lactones) is 1. The van der Waals surface area contributed by atoms with Gasteiger partial charge < -0.3 is 24.1 Å². The van der Waals surface area contributed by atoms with Gasteiger partial charge in [-0.05, 0) is 81.2 Å². The molecule has 300 valence electrons. The summed E-state index contributed by atoms with van der Waals surface area (Å²) >= 11 is 1.42. The molecule has 5 heterocycles. The maximum atomic E-state index is 14.6. The predicted octanol–water partition coefficient (Wildman–Crippen LogP) is 7.03. The maximum absolute atomic E-state index is 14.6. The fourth-order valence-corrected chi connectivity index (χ4v) is 9.30. The van der Waals surface area contributed by atoms with Crippen LogP contribution in [0, 0.1) is 23.2 Å². The topological polar surface area (TPSA) is 137 Å². The lowest BCUT2D eigenvalue weighted by Crippen LogP contribution is -2.61. The van der Waals surface area contributed by atoms with Gasteiger partial charge in [-0.2, -0.15) is 0 Å². The lowest BCUT2D eigenvalue weighted by atomic mass is 9.84. The SMILES string of the molecule is CCCO[C@@H]1c2nc(cs2)-c2ccc3c(c2)c(c(-c2cccnc2[C@H](C)OC)n3CC)CC(C)(C)COC(=O)[C@@H]2CCCN(N2)C(=O)[C@H]1NC(=O)C1[C@@H](C)[C@H]1C. The number of amides is 2. The number of hydrogen-bond donors (Lipinski definition) is 2. The number of aromatic nitrogens is 3. The van der Waals surface area contributed by atoms with Gasteiger partial charge in [-0.3, -0.25) is 24.4 Å². The zero-order chi connectivity index (χ0) is 39.9. The number of carbonyl (C=O) groups excluding carboxylic acids is 3. The third-order valence-corrected chi connectivity index (χ3v) is 12.8. The van der Waals surface area contributed by atoms with Crippen molar-refractivity contribution in [2.45, 2.75) is 105 Å². The lowest BCUT2D eigenvalue weighted by molar-refractivity contribution is -0.157. The van der Waals surface area contributed by atoms with E-state index in [-0.39, 0.29) is 42.3 Å². The molecule has 56 heavy (non-hydrogen) atoms. The molecular formula is C43H56N6O6S. The van der Waals surface area contributed by atoms with Crippen molar-refractivity contribution in [1.29, 1.82) is 0 Å². The summed E-state index contributed by atoms with van der Waals surface area (Å²) in [7, 11) is 1.70. The average molecular weight is 785 g/mol. The Kier molecular flexibility index (Phi) is 11.7. The van der Waals surface area contributed by atoms with Gasteiger partial charge in [0.1, 0.15) is 23.2 Å². The van der Waals surface area contributed by atoms with E-state index < -0.39 is 29.6 Å². The number of hydrazine groups is 1. The molecular weight excluding hydrogens is 729 g/mol. The highest BCUT2D eigenvalue weighted by Gasteiger charge is 2.50. The fraction of sp³-hybridized carbons (Fsp3) is 0.558. The number of nitrogens with zero attached hydrogens (tertiary/aromatic N) is 4. The second-order valence-electron chi connectivity index (χ2n) is 16.5. The van der Waals surface area contributed by atoms with Gasteiger partial charge in [0.2, 0.25) is 5.91 Å². The number of esters is 1. The van der Waals surface area contributed by atoms with Crippen LogP contribution in [0.2, 0.25) is 0 Å². The molecule has 2 N–H and O–H groups in total. The summed E-state index contributed by atoms with van der Waals surface area (Å²) in [5.41, 5.74) is 9.50. The van der Waals surface area contributed by atoms with Crippen molar-refractivity contribution in [3.63, 3.8) is 0 Å². The Hall–Kier alpha value is -4.17. The van der Waals surface area contributed by atoms with E-state index in [1.807, 2.05) is 25.3 Å². The fourth-order valence-electron chi connectivity index (χ4n) is 8.39. The third kappa shape index (κ3) is 7.75. The number of fused-ring (bicyclic) bond motifs is 6. The van der Waals surface area contributed by atoms with Gasteiger partial charge in [0.25, 0.3) is 5.91 Å². The molecule has 2 amide bonds. The molecule has 13 heteroatoms. The number of pyridine rings is 1. The third-order valence-electron chi connectivity index (χ3n) is 11.9. The first-order valence-corrected chi connectivity index (χ1v) is 21.0. The molecule has 3 aromatic heterocycles. The summed E-state index contributed by atoms with van der Waals surface area (Å²) in [6.45, 7) is 16.1. The van der Waals surface area contributed by atoms with Gasteiger partial charge in [0.15, 0.2) is 0 Å². The van der Waals surface area contributed by atoms with Crippen molar-refractivity contribution in [2.75, 3.05) is 26.9 Å². The number of methoxy groups -OCH3 is 1. The molecule has 6 bridgehead atoms. The molecule has 0 radical (unpaired) electrons. The Balaban J connectivity index is 1.40. The van der Waals surface area contributed by atoms with Crippen LogP contribution < -0.4 is 10.7 Å². The molecule has 3 aliphatic rings. The summed E-state index contributed by atoms with van der Waals surface area (Å²) in [5, 5.41) is 8.25. The number of benzene rings is 1. The van der Waals surface area contributed by atoms with Crippen molar-refractivity contribution in [3.8, 4) is 22.5 Å². The molecule has 12 nitrogen and oxygen atoms in total. The van der Waals surface area contributed by atoms with Crippen LogP contribution in [0.25, 0.3) is 33.4 Å². The van der Waals surface area contributed by atoms with Crippen LogP contribution in [0.15, 0.2) is 41.9 Å². The highest BCUT2D eigenvalue weighted by Crippen LogP contribution is 2.46. The average Bonchev–Trinajstić information content (AvgIpc) is 3.49. The highest BCUT2D eigenvalue weighted by molar-refractivity contribution is 7.10. The van der Waals surface area contributed by atoms with Crippen LogP contribution in [0.5, 0.6) is 0 Å². The minimum Gasteiger partial charge on any atom is -0.464 e. The molecule has 1 saturated heterocycles. The van der Waals surface area contributed by atoms with Crippen LogP contribution in [-0.4, -0.2) is 76.3 Å². The molecule has 4 aromatic rings. The van der Waals surface area contributed by atoms with Crippen molar-refractivity contribution in [3.05, 3.63) is 58.2 Å². The smallest absolute Gasteiger partial charge is 0.324 e. The van der Waals surface area contributed by atoms with E-state index >= 15 is 0 Å². The molecule has 1 saturated carbocycles. The summed E-state index contributed by atoms with van der Waals surface area (Å²) in [6, 6.07) is 8.72. The lowest BCUT2D eigenvalue weighted by Gasteiger charge is -2.37. The molecule has 1 unspecified atom stereocenters. The molecule has 1 aromatic carbocycles. The maximum Gasteiger partial charge on any atom is 0.324 e. The molecule has 1 aliphatic carbocycles.